The molecule has 0 spiro atoms. The van der Waals surface area contributed by atoms with Gasteiger partial charge in [0.05, 0.1) is 18.4 Å². The number of hydrogen-bond acceptors (Lipinski definition) is 8. The smallest absolute Gasteiger partial charge is 0.382 e. The fraction of sp³-hybridized carbons (Fsp3) is 0.360. The van der Waals surface area contributed by atoms with Crippen molar-refractivity contribution < 1.29 is 18.0 Å². The van der Waals surface area contributed by atoms with E-state index in [0.29, 0.717) is 40.3 Å². The van der Waals surface area contributed by atoms with E-state index < -0.39 is 17.3 Å². The monoisotopic (exact) mass is 542 g/mol. The number of carbonyl (C=O) groups excluding carboxylic acids is 1. The second-order valence-corrected chi connectivity index (χ2v) is 10.8. The lowest BCUT2D eigenvalue weighted by atomic mass is 9.97. The molecule has 2 aliphatic rings. The van der Waals surface area contributed by atoms with Crippen LogP contribution in [0.25, 0.3) is 21.6 Å². The van der Waals surface area contributed by atoms with E-state index in [-0.39, 0.29) is 36.4 Å². The van der Waals surface area contributed by atoms with Crippen molar-refractivity contribution in [3.05, 3.63) is 53.4 Å². The summed E-state index contributed by atoms with van der Waals surface area (Å²) >= 11 is 1.36. The van der Waals surface area contributed by atoms with E-state index in [1.165, 1.54) is 34.6 Å². The van der Waals surface area contributed by atoms with Crippen LogP contribution >= 0.6 is 11.3 Å². The maximum Gasteiger partial charge on any atom is 0.416 e. The van der Waals surface area contributed by atoms with Crippen LogP contribution in [0.2, 0.25) is 0 Å². The van der Waals surface area contributed by atoms with Crippen molar-refractivity contribution in [3.8, 4) is 10.4 Å². The molecule has 1 saturated carbocycles. The van der Waals surface area contributed by atoms with Gasteiger partial charge in [-0.05, 0) is 48.4 Å². The van der Waals surface area contributed by atoms with E-state index in [9.17, 15) is 18.0 Å². The zero-order valence-electron chi connectivity index (χ0n) is 20.2. The Kier molecular flexibility index (Phi) is 5.80. The average molecular weight is 543 g/mol. The minimum atomic E-state index is -4.63. The second-order valence-electron chi connectivity index (χ2n) is 9.88. The Balaban J connectivity index is 1.47. The molecule has 1 atom stereocenters. The molecule has 13 heteroatoms. The lowest BCUT2D eigenvalue weighted by molar-refractivity contribution is -0.138. The third-order valence-electron chi connectivity index (χ3n) is 7.10. The van der Waals surface area contributed by atoms with Gasteiger partial charge in [-0.15, -0.1) is 11.3 Å². The van der Waals surface area contributed by atoms with Gasteiger partial charge in [0.1, 0.15) is 17.4 Å². The number of anilines is 2. The number of fused-ring (bicyclic) bond motifs is 1. The highest BCUT2D eigenvalue weighted by Crippen LogP contribution is 2.43. The zero-order valence-corrected chi connectivity index (χ0v) is 21.0. The number of carbonyl (C=O) groups is 1. The van der Waals surface area contributed by atoms with Crippen LogP contribution in [0.1, 0.15) is 30.4 Å². The molecule has 4 aromatic rings. The molecule has 0 radical (unpaired) electrons. The number of nitrogens with two attached hydrogens (primary N) is 2. The Morgan fingerprint density at radius 1 is 1.24 bits per heavy atom. The van der Waals surface area contributed by atoms with Crippen LogP contribution in [-0.2, 0) is 17.5 Å². The fourth-order valence-electron chi connectivity index (χ4n) is 4.91. The number of rotatable bonds is 6. The summed E-state index contributed by atoms with van der Waals surface area (Å²) in [5, 5.41) is 4.77. The maximum atomic E-state index is 14.6. The van der Waals surface area contributed by atoms with Crippen molar-refractivity contribution in [2.24, 2.45) is 5.73 Å². The number of halogens is 3. The second kappa shape index (κ2) is 8.95. The molecule has 3 aromatic heterocycles. The molecule has 198 valence electrons. The van der Waals surface area contributed by atoms with Crippen LogP contribution in [0.4, 0.5) is 24.7 Å². The molecular formula is C25H25F3N8OS. The molecule has 9 nitrogen and oxygen atoms in total. The summed E-state index contributed by atoms with van der Waals surface area (Å²) in [5.41, 5.74) is 12.0. The predicted molar refractivity (Wildman–Crippen MR) is 139 cm³/mol. The van der Waals surface area contributed by atoms with Gasteiger partial charge >= 0.3 is 6.18 Å². The molecule has 1 aromatic carbocycles. The molecule has 4 heterocycles. The number of thiophene rings is 1. The Morgan fingerprint density at radius 3 is 2.76 bits per heavy atom. The van der Waals surface area contributed by atoms with Gasteiger partial charge in [0.15, 0.2) is 11.5 Å². The van der Waals surface area contributed by atoms with Gasteiger partial charge in [-0.2, -0.15) is 13.2 Å². The summed E-state index contributed by atoms with van der Waals surface area (Å²) in [4.78, 5) is 27.7. The van der Waals surface area contributed by atoms with Crippen molar-refractivity contribution in [1.82, 2.24) is 24.8 Å². The number of imidazole rings is 1. The van der Waals surface area contributed by atoms with E-state index >= 15 is 0 Å². The van der Waals surface area contributed by atoms with Crippen molar-refractivity contribution in [2.45, 2.75) is 43.6 Å². The Bertz CT molecular complexity index is 1520. The molecule has 6 rings (SSSR count). The largest absolute Gasteiger partial charge is 0.416 e. The van der Waals surface area contributed by atoms with E-state index in [1.54, 1.807) is 23.1 Å². The number of nitrogens with zero attached hydrogens (tertiary/aromatic N) is 5. The number of alkyl halides is 3. The number of nitrogens with one attached hydrogen (secondary N) is 1. The molecular weight excluding hydrogens is 517 g/mol. The molecule has 1 amide bonds. The van der Waals surface area contributed by atoms with Crippen molar-refractivity contribution in [2.75, 3.05) is 23.7 Å². The first-order valence-corrected chi connectivity index (χ1v) is 13.0. The van der Waals surface area contributed by atoms with E-state index in [4.69, 9.17) is 11.5 Å². The summed E-state index contributed by atoms with van der Waals surface area (Å²) < 4.78 is 45.3. The number of nitrogen functional groups attached to an aromatic ring is 1. The summed E-state index contributed by atoms with van der Waals surface area (Å²) in [6.07, 6.45) is 0.189. The molecule has 2 fully saturated rings. The topological polar surface area (TPSA) is 128 Å². The van der Waals surface area contributed by atoms with Crippen LogP contribution in [0.5, 0.6) is 0 Å². The molecule has 1 unspecified atom stereocenters. The van der Waals surface area contributed by atoms with Crippen LogP contribution in [-0.4, -0.2) is 50.1 Å². The van der Waals surface area contributed by atoms with Gasteiger partial charge in [-0.3, -0.25) is 4.79 Å². The average Bonchev–Trinajstić information content (AvgIpc) is 3.25. The minimum absolute atomic E-state index is 0.0427. The zero-order chi connectivity index (χ0) is 26.7. The normalized spacial score (nSPS) is 19.8. The molecule has 1 aliphatic carbocycles. The van der Waals surface area contributed by atoms with Crippen molar-refractivity contribution in [3.63, 3.8) is 0 Å². The van der Waals surface area contributed by atoms with Gasteiger partial charge < -0.3 is 26.3 Å². The van der Waals surface area contributed by atoms with Gasteiger partial charge in [-0.25, -0.2) is 15.0 Å². The molecule has 1 saturated heterocycles. The quantitative estimate of drug-likeness (QED) is 0.341. The molecule has 0 bridgehead atoms. The maximum absolute atomic E-state index is 14.6. The summed E-state index contributed by atoms with van der Waals surface area (Å²) in [6.45, 7) is 0.278. The number of hydrogen-bond donors (Lipinski definition) is 3. The van der Waals surface area contributed by atoms with Crippen LogP contribution in [0, 0.1) is 0 Å². The van der Waals surface area contributed by atoms with Crippen LogP contribution < -0.4 is 21.7 Å². The SMILES string of the molecule is Nc1ncnc2c1ncn2Cc1c(N2CCC(N)(C(=O)NC3CC3)C2)cc(-c2cccs2)cc1C(F)(F)F. The van der Waals surface area contributed by atoms with Gasteiger partial charge in [0, 0.05) is 35.3 Å². The Labute approximate surface area is 219 Å². The minimum Gasteiger partial charge on any atom is -0.382 e. The summed E-state index contributed by atoms with van der Waals surface area (Å²) in [5.74, 6) is -0.116. The third-order valence-corrected chi connectivity index (χ3v) is 8.02. The summed E-state index contributed by atoms with van der Waals surface area (Å²) in [6, 6.07) is 6.65. The van der Waals surface area contributed by atoms with Gasteiger partial charge in [-0.1, -0.05) is 6.07 Å². The van der Waals surface area contributed by atoms with Crippen LogP contribution in [0.15, 0.2) is 42.3 Å². The Hall–Kier alpha value is -3.71. The van der Waals surface area contributed by atoms with Crippen molar-refractivity contribution >= 4 is 39.9 Å². The molecule has 38 heavy (non-hydrogen) atoms. The lowest BCUT2D eigenvalue weighted by Crippen LogP contribution is -2.56. The number of aromatic nitrogens is 4. The van der Waals surface area contributed by atoms with Gasteiger partial charge in [0.2, 0.25) is 5.91 Å². The first-order valence-electron chi connectivity index (χ1n) is 12.2. The standard InChI is InChI=1S/C25H25F3N8OS/c26-25(27,28)17-8-14(19-2-1-7-38-19)9-18(35-6-5-24(30,11-35)23(37)34-15-3-4-15)16(17)10-36-13-33-20-21(29)31-12-32-22(20)36/h1-2,7-9,12-13,15H,3-6,10-11,30H2,(H,34,37)(H2,29,31,32). The number of benzene rings is 1. The summed E-state index contributed by atoms with van der Waals surface area (Å²) in [7, 11) is 0. The third kappa shape index (κ3) is 4.45. The fourth-order valence-corrected chi connectivity index (χ4v) is 5.62. The highest BCUT2D eigenvalue weighted by atomic mass is 32.1. The van der Waals surface area contributed by atoms with E-state index in [0.717, 1.165) is 12.8 Å². The highest BCUT2D eigenvalue weighted by Gasteiger charge is 2.44. The predicted octanol–water partition coefficient (Wildman–Crippen LogP) is 3.39. The highest BCUT2D eigenvalue weighted by molar-refractivity contribution is 7.13. The van der Waals surface area contributed by atoms with Gasteiger partial charge in [0.25, 0.3) is 0 Å². The number of amides is 1. The van der Waals surface area contributed by atoms with Crippen LogP contribution in [0.3, 0.4) is 0 Å². The van der Waals surface area contributed by atoms with E-state index in [2.05, 4.69) is 20.3 Å². The first-order chi connectivity index (χ1) is 18.1. The lowest BCUT2D eigenvalue weighted by Gasteiger charge is -2.28. The van der Waals surface area contributed by atoms with E-state index in [1.807, 2.05) is 5.38 Å². The first kappa shape index (κ1) is 24.6. The molecule has 1 aliphatic heterocycles. The molecule has 5 N–H and O–H groups in total. The van der Waals surface area contributed by atoms with Crippen molar-refractivity contribution in [1.29, 1.82) is 0 Å². The Morgan fingerprint density at radius 2 is 2.05 bits per heavy atom.